The number of carbonyl (C=O) groups is 5. The van der Waals surface area contributed by atoms with Gasteiger partial charge in [-0.25, -0.2) is 14.0 Å². The highest BCUT2D eigenvalue weighted by molar-refractivity contribution is 6.11. The minimum absolute atomic E-state index is 0.0144. The number of halogens is 1. The molecule has 2 aliphatic rings. The maximum Gasteiger partial charge on any atom is 0.336 e. The van der Waals surface area contributed by atoms with Crippen molar-refractivity contribution in [3.63, 3.8) is 0 Å². The number of Topliss-reactive ketones (excluding diaryl/α,β-unsaturated/α-hetero) is 1. The van der Waals surface area contributed by atoms with Crippen LogP contribution in [0.15, 0.2) is 72.8 Å². The summed E-state index contributed by atoms with van der Waals surface area (Å²) in [5.41, 5.74) is 1.00. The molecule has 0 radical (unpaired) electrons. The molecule has 1 saturated heterocycles. The fraction of sp³-hybridized carbons (Fsp3) is 0.324. The topological polar surface area (TPSA) is 132 Å². The van der Waals surface area contributed by atoms with Crippen LogP contribution in [0.2, 0.25) is 0 Å². The van der Waals surface area contributed by atoms with Gasteiger partial charge in [0.25, 0.3) is 5.91 Å². The molecule has 5 rings (SSSR count). The van der Waals surface area contributed by atoms with Gasteiger partial charge in [0, 0.05) is 54.9 Å². The fourth-order valence-corrected chi connectivity index (χ4v) is 5.77. The third-order valence-corrected chi connectivity index (χ3v) is 8.47. The van der Waals surface area contributed by atoms with Crippen LogP contribution in [0.5, 0.6) is 17.2 Å². The van der Waals surface area contributed by atoms with E-state index in [4.69, 9.17) is 14.2 Å². The summed E-state index contributed by atoms with van der Waals surface area (Å²) in [5, 5.41) is 2.70. The number of benzene rings is 3. The highest BCUT2D eigenvalue weighted by Crippen LogP contribution is 2.41. The number of unbranched alkanes of at least 4 members (excludes halogenated alkanes) is 1. The van der Waals surface area contributed by atoms with Crippen LogP contribution in [0, 0.1) is 11.7 Å². The average molecular weight is 672 g/mol. The normalized spacial score (nSPS) is 15.6. The number of carbonyl (C=O) groups excluding carboxylic acids is 5. The Bertz CT molecular complexity index is 1750. The van der Waals surface area contributed by atoms with E-state index in [-0.39, 0.29) is 53.3 Å². The molecule has 0 spiro atoms. The van der Waals surface area contributed by atoms with Crippen molar-refractivity contribution < 1.29 is 42.6 Å². The van der Waals surface area contributed by atoms with Crippen LogP contribution in [0.1, 0.15) is 59.7 Å². The number of nitrogens with one attached hydrogen (secondary N) is 1. The number of methoxy groups -OCH3 is 1. The summed E-state index contributed by atoms with van der Waals surface area (Å²) >= 11 is 0. The van der Waals surface area contributed by atoms with Crippen LogP contribution in [-0.4, -0.2) is 67.7 Å². The molecule has 0 unspecified atom stereocenters. The molecular weight excluding hydrogens is 633 g/mol. The molecule has 2 amide bonds. The predicted molar refractivity (Wildman–Crippen MR) is 180 cm³/mol. The fourth-order valence-electron chi connectivity index (χ4n) is 5.77. The summed E-state index contributed by atoms with van der Waals surface area (Å²) in [6, 6.07) is 15.4. The number of hydrogen-bond acceptors (Lipinski definition) is 9. The molecule has 0 bridgehead atoms. The first kappa shape index (κ1) is 35.0. The maximum atomic E-state index is 14.4. The summed E-state index contributed by atoms with van der Waals surface area (Å²) in [7, 11) is 1.51. The molecule has 3 aromatic rings. The van der Waals surface area contributed by atoms with Gasteiger partial charge in [-0.05, 0) is 80.9 Å². The molecule has 0 atom stereocenters. The lowest BCUT2D eigenvalue weighted by Crippen LogP contribution is -2.43. The van der Waals surface area contributed by atoms with Crippen molar-refractivity contribution >= 4 is 40.9 Å². The number of piperidine rings is 1. The van der Waals surface area contributed by atoms with E-state index < -0.39 is 23.7 Å². The Morgan fingerprint density at radius 1 is 0.959 bits per heavy atom. The first-order chi connectivity index (χ1) is 23.7. The number of ether oxygens (including phenoxy) is 3. The molecule has 0 saturated carbocycles. The number of amides is 2. The molecule has 2 heterocycles. The second-order valence-electron chi connectivity index (χ2n) is 11.8. The third-order valence-electron chi connectivity index (χ3n) is 8.47. The van der Waals surface area contributed by atoms with Gasteiger partial charge in [0.2, 0.25) is 5.91 Å². The zero-order valence-corrected chi connectivity index (χ0v) is 27.4. The zero-order chi connectivity index (χ0) is 34.9. The Balaban J connectivity index is 1.40. The molecule has 11 nitrogen and oxygen atoms in total. The van der Waals surface area contributed by atoms with E-state index in [1.165, 1.54) is 48.4 Å². The maximum absolute atomic E-state index is 14.4. The molecule has 3 aromatic carbocycles. The summed E-state index contributed by atoms with van der Waals surface area (Å²) in [6.45, 7) is 3.83. The standard InChI is InChI=1S/C37H38FN3O8/c1-3-4-8-31(42)39-30-14-13-29(35-36(30)49-33(44)16-15-32(43)48-35)37(46)41(27-6-5-7-28(23-27)47-2)22-21-40-19-17-25(18-20-40)34(45)24-9-11-26(38)12-10-24/h5-7,9-16,23,25H,3-4,8,17-22H2,1-2H3,(H,39,42)/b16-15+. The number of fused-ring (bicyclic) bond motifs is 1. The number of hydrogen-bond donors (Lipinski definition) is 1. The van der Waals surface area contributed by atoms with Crippen LogP contribution < -0.4 is 24.4 Å². The number of rotatable bonds is 12. The van der Waals surface area contributed by atoms with Crippen molar-refractivity contribution in [2.24, 2.45) is 5.92 Å². The number of esters is 2. The Kier molecular flexibility index (Phi) is 11.5. The Labute approximate surface area is 283 Å². The van der Waals surface area contributed by atoms with Gasteiger partial charge >= 0.3 is 11.9 Å². The molecule has 12 heteroatoms. The lowest BCUT2D eigenvalue weighted by atomic mass is 9.89. The summed E-state index contributed by atoms with van der Waals surface area (Å²) < 4.78 is 29.8. The van der Waals surface area contributed by atoms with Crippen molar-refractivity contribution in [1.82, 2.24) is 4.90 Å². The highest BCUT2D eigenvalue weighted by Gasteiger charge is 2.31. The molecular formula is C37H38FN3O8. The monoisotopic (exact) mass is 671 g/mol. The molecule has 1 fully saturated rings. The van der Waals surface area contributed by atoms with Crippen molar-refractivity contribution in [1.29, 1.82) is 0 Å². The van der Waals surface area contributed by atoms with Gasteiger partial charge in [-0.2, -0.15) is 0 Å². The van der Waals surface area contributed by atoms with Gasteiger partial charge in [-0.3, -0.25) is 14.4 Å². The number of anilines is 2. The van der Waals surface area contributed by atoms with Crippen molar-refractivity contribution in [3.8, 4) is 17.2 Å². The molecule has 2 aliphatic heterocycles. The van der Waals surface area contributed by atoms with E-state index >= 15 is 0 Å². The Hall–Kier alpha value is -5.36. The SMILES string of the molecule is CCCCC(=O)Nc1ccc(C(=O)N(CCN2CCC(C(=O)c3ccc(F)cc3)CC2)c2cccc(OC)c2)c2c1OC(=O)/C=C/C(=O)O2. The van der Waals surface area contributed by atoms with Crippen LogP contribution in [0.25, 0.3) is 0 Å². The van der Waals surface area contributed by atoms with Crippen LogP contribution in [0.4, 0.5) is 15.8 Å². The highest BCUT2D eigenvalue weighted by atomic mass is 19.1. The first-order valence-electron chi connectivity index (χ1n) is 16.2. The molecule has 0 aromatic heterocycles. The quantitative estimate of drug-likeness (QED) is 0.149. The van der Waals surface area contributed by atoms with E-state index in [1.807, 2.05) is 6.92 Å². The van der Waals surface area contributed by atoms with E-state index in [0.29, 0.717) is 55.9 Å². The second-order valence-corrected chi connectivity index (χ2v) is 11.8. The van der Waals surface area contributed by atoms with Crippen molar-refractivity contribution in [2.75, 3.05) is 43.5 Å². The minimum atomic E-state index is -0.896. The van der Waals surface area contributed by atoms with Gasteiger partial charge in [-0.15, -0.1) is 0 Å². The number of nitrogens with zero attached hydrogens (tertiary/aromatic N) is 2. The zero-order valence-electron chi connectivity index (χ0n) is 27.4. The lowest BCUT2D eigenvalue weighted by molar-refractivity contribution is -0.133. The number of likely N-dealkylation sites (tertiary alicyclic amines) is 1. The average Bonchev–Trinajstić information content (AvgIpc) is 3.11. The van der Waals surface area contributed by atoms with Crippen LogP contribution >= 0.6 is 0 Å². The van der Waals surface area contributed by atoms with Crippen LogP contribution in [0.3, 0.4) is 0 Å². The predicted octanol–water partition coefficient (Wildman–Crippen LogP) is 5.59. The second kappa shape index (κ2) is 16.2. The summed E-state index contributed by atoms with van der Waals surface area (Å²) in [5.74, 6) is -3.29. The number of ketones is 1. The van der Waals surface area contributed by atoms with Gasteiger partial charge in [0.05, 0.1) is 18.4 Å². The van der Waals surface area contributed by atoms with Crippen molar-refractivity contribution in [3.05, 3.63) is 89.8 Å². The largest absolute Gasteiger partial charge is 0.497 e. The molecule has 256 valence electrons. The summed E-state index contributed by atoms with van der Waals surface area (Å²) in [6.07, 6.45) is 4.68. The minimum Gasteiger partial charge on any atom is -0.497 e. The van der Waals surface area contributed by atoms with Gasteiger partial charge in [-0.1, -0.05) is 19.4 Å². The molecule has 1 N–H and O–H groups in total. The first-order valence-corrected chi connectivity index (χ1v) is 16.2. The summed E-state index contributed by atoms with van der Waals surface area (Å²) in [4.78, 5) is 68.9. The van der Waals surface area contributed by atoms with Gasteiger partial charge < -0.3 is 29.3 Å². The van der Waals surface area contributed by atoms with Crippen LogP contribution in [-0.2, 0) is 14.4 Å². The Morgan fingerprint density at radius 3 is 2.33 bits per heavy atom. The van der Waals surface area contributed by atoms with Gasteiger partial charge in [0.15, 0.2) is 17.3 Å². The molecule has 0 aliphatic carbocycles. The van der Waals surface area contributed by atoms with E-state index in [0.717, 1.165) is 18.6 Å². The van der Waals surface area contributed by atoms with Gasteiger partial charge in [0.1, 0.15) is 11.6 Å². The van der Waals surface area contributed by atoms with E-state index in [9.17, 15) is 28.4 Å². The Morgan fingerprint density at radius 2 is 1.65 bits per heavy atom. The van der Waals surface area contributed by atoms with E-state index in [1.54, 1.807) is 24.3 Å². The third kappa shape index (κ3) is 8.76. The molecule has 49 heavy (non-hydrogen) atoms. The smallest absolute Gasteiger partial charge is 0.336 e. The lowest BCUT2D eigenvalue weighted by Gasteiger charge is -2.33. The van der Waals surface area contributed by atoms with Crippen molar-refractivity contribution in [2.45, 2.75) is 39.0 Å². The van der Waals surface area contributed by atoms with E-state index in [2.05, 4.69) is 10.2 Å².